The highest BCUT2D eigenvalue weighted by molar-refractivity contribution is 5.59. The van der Waals surface area contributed by atoms with Crippen LogP contribution in [0.1, 0.15) is 32.6 Å². The molecule has 0 atom stereocenters. The second-order valence-corrected chi connectivity index (χ2v) is 4.37. The summed E-state index contributed by atoms with van der Waals surface area (Å²) < 4.78 is 2.55. The van der Waals surface area contributed by atoms with Crippen LogP contribution < -0.4 is 22.3 Å². The number of hydrogen-bond acceptors (Lipinski definition) is 4. The summed E-state index contributed by atoms with van der Waals surface area (Å²) in [7, 11) is 3.19. The van der Waals surface area contributed by atoms with E-state index in [1.165, 1.54) is 9.13 Å². The van der Waals surface area contributed by atoms with E-state index in [0.717, 1.165) is 25.7 Å². The van der Waals surface area contributed by atoms with Crippen molar-refractivity contribution in [1.82, 2.24) is 9.13 Å². The van der Waals surface area contributed by atoms with Gasteiger partial charge < -0.3 is 11.1 Å². The predicted molar refractivity (Wildman–Crippen MR) is 74.0 cm³/mol. The highest BCUT2D eigenvalue weighted by Crippen LogP contribution is 2.08. The Morgan fingerprint density at radius 1 is 1.22 bits per heavy atom. The minimum absolute atomic E-state index is 0.178. The van der Waals surface area contributed by atoms with Crippen LogP contribution in [0.25, 0.3) is 0 Å². The second-order valence-electron chi connectivity index (χ2n) is 4.37. The minimum atomic E-state index is -0.354. The number of aromatic nitrogens is 2. The molecule has 18 heavy (non-hydrogen) atoms. The van der Waals surface area contributed by atoms with Crippen molar-refractivity contribution in [3.8, 4) is 0 Å². The molecule has 0 amide bonds. The summed E-state index contributed by atoms with van der Waals surface area (Å²) in [6, 6.07) is 0. The van der Waals surface area contributed by atoms with Crippen LogP contribution in [0.4, 0.5) is 11.5 Å². The molecule has 3 N–H and O–H groups in total. The molecule has 6 nitrogen and oxygen atoms in total. The highest BCUT2D eigenvalue weighted by Gasteiger charge is 2.13. The molecule has 0 spiro atoms. The number of rotatable bonds is 6. The van der Waals surface area contributed by atoms with Gasteiger partial charge in [-0.3, -0.25) is 13.9 Å². The quantitative estimate of drug-likeness (QED) is 0.734. The Morgan fingerprint density at radius 3 is 2.44 bits per heavy atom. The van der Waals surface area contributed by atoms with E-state index in [2.05, 4.69) is 12.2 Å². The molecule has 1 aromatic rings. The van der Waals surface area contributed by atoms with Crippen molar-refractivity contribution in [1.29, 1.82) is 0 Å². The zero-order valence-corrected chi connectivity index (χ0v) is 11.3. The Morgan fingerprint density at radius 2 is 1.89 bits per heavy atom. The van der Waals surface area contributed by atoms with Gasteiger partial charge in [-0.15, -0.1) is 0 Å². The fraction of sp³-hybridized carbons (Fsp3) is 0.667. The normalized spacial score (nSPS) is 10.6. The number of nitrogen functional groups attached to an aromatic ring is 1. The van der Waals surface area contributed by atoms with Crippen LogP contribution in [-0.4, -0.2) is 16.2 Å². The lowest BCUT2D eigenvalue weighted by Crippen LogP contribution is -2.41. The van der Waals surface area contributed by atoms with Crippen LogP contribution >= 0.6 is 0 Å². The van der Waals surface area contributed by atoms with Gasteiger partial charge in [-0.2, -0.15) is 0 Å². The number of hydrogen-bond donors (Lipinski definition) is 2. The van der Waals surface area contributed by atoms with Gasteiger partial charge >= 0.3 is 5.69 Å². The van der Waals surface area contributed by atoms with Crippen molar-refractivity contribution in [2.24, 2.45) is 7.05 Å². The molecular formula is C12H22N4O2. The molecule has 102 valence electrons. The van der Waals surface area contributed by atoms with E-state index in [4.69, 9.17) is 5.73 Å². The van der Waals surface area contributed by atoms with Crippen LogP contribution in [0.2, 0.25) is 0 Å². The molecule has 0 radical (unpaired) electrons. The second kappa shape index (κ2) is 6.28. The van der Waals surface area contributed by atoms with Gasteiger partial charge in [0.2, 0.25) is 0 Å². The number of nitrogens with zero attached hydrogens (tertiary/aromatic N) is 2. The fourth-order valence-corrected chi connectivity index (χ4v) is 1.91. The SMILES string of the molecule is CCCCCCn1c(=O)c(NC)c(N)n(C)c1=O. The van der Waals surface area contributed by atoms with Crippen LogP contribution in [0.15, 0.2) is 9.59 Å². The van der Waals surface area contributed by atoms with E-state index >= 15 is 0 Å². The highest BCUT2D eigenvalue weighted by atomic mass is 16.2. The molecule has 0 bridgehead atoms. The molecule has 0 aliphatic heterocycles. The van der Waals surface area contributed by atoms with Crippen molar-refractivity contribution in [2.45, 2.75) is 39.2 Å². The maximum absolute atomic E-state index is 12.1. The van der Waals surface area contributed by atoms with Crippen LogP contribution in [0, 0.1) is 0 Å². The molecule has 1 heterocycles. The van der Waals surface area contributed by atoms with Gasteiger partial charge in [-0.05, 0) is 6.42 Å². The minimum Gasteiger partial charge on any atom is -0.383 e. The first kappa shape index (κ1) is 14.3. The van der Waals surface area contributed by atoms with E-state index in [1.54, 1.807) is 14.1 Å². The summed E-state index contributed by atoms with van der Waals surface area (Å²) >= 11 is 0. The summed E-state index contributed by atoms with van der Waals surface area (Å²) in [5.74, 6) is 0.178. The van der Waals surface area contributed by atoms with Crippen LogP contribution in [0.3, 0.4) is 0 Å². The number of anilines is 2. The van der Waals surface area contributed by atoms with Gasteiger partial charge in [0, 0.05) is 20.6 Å². The smallest absolute Gasteiger partial charge is 0.332 e. The number of unbranched alkanes of at least 4 members (excludes halogenated alkanes) is 3. The summed E-state index contributed by atoms with van der Waals surface area (Å²) in [5, 5.41) is 2.76. The fourth-order valence-electron chi connectivity index (χ4n) is 1.91. The maximum atomic E-state index is 12.1. The lowest BCUT2D eigenvalue weighted by molar-refractivity contribution is 0.536. The average Bonchev–Trinajstić information content (AvgIpc) is 2.36. The third-order valence-electron chi connectivity index (χ3n) is 3.08. The molecule has 0 fully saturated rings. The van der Waals surface area contributed by atoms with Gasteiger partial charge in [-0.1, -0.05) is 26.2 Å². The van der Waals surface area contributed by atoms with Crippen LogP contribution in [0.5, 0.6) is 0 Å². The van der Waals surface area contributed by atoms with Crippen molar-refractivity contribution >= 4 is 11.5 Å². The summed E-state index contributed by atoms with van der Waals surface area (Å²) in [5.41, 5.74) is 5.32. The Balaban J connectivity index is 3.08. The molecule has 0 saturated heterocycles. The third kappa shape index (κ3) is 2.75. The summed E-state index contributed by atoms with van der Waals surface area (Å²) in [4.78, 5) is 24.0. The molecule has 6 heteroatoms. The standard InChI is InChI=1S/C12H22N4O2/c1-4-5-6-7-8-16-11(17)9(14-2)10(13)15(3)12(16)18/h14H,4-8,13H2,1-3H3. The Hall–Kier alpha value is -1.72. The predicted octanol–water partition coefficient (Wildman–Crippen LogP) is 0.751. The van der Waals surface area contributed by atoms with Gasteiger partial charge in [-0.25, -0.2) is 4.79 Å². The lowest BCUT2D eigenvalue weighted by Gasteiger charge is -2.13. The number of nitrogens with one attached hydrogen (secondary N) is 1. The van der Waals surface area contributed by atoms with Gasteiger partial charge in [0.25, 0.3) is 5.56 Å². The first-order valence-electron chi connectivity index (χ1n) is 6.31. The first-order valence-corrected chi connectivity index (χ1v) is 6.31. The van der Waals surface area contributed by atoms with Gasteiger partial charge in [0.15, 0.2) is 0 Å². The molecule has 1 aromatic heterocycles. The van der Waals surface area contributed by atoms with Crippen molar-refractivity contribution in [2.75, 3.05) is 18.1 Å². The lowest BCUT2D eigenvalue weighted by atomic mass is 10.2. The third-order valence-corrected chi connectivity index (χ3v) is 3.08. The first-order chi connectivity index (χ1) is 8.54. The van der Waals surface area contributed by atoms with Gasteiger partial charge in [0.05, 0.1) is 0 Å². The monoisotopic (exact) mass is 254 g/mol. The molecule has 0 aliphatic carbocycles. The molecule has 0 aromatic carbocycles. The van der Waals surface area contributed by atoms with E-state index in [-0.39, 0.29) is 22.8 Å². The van der Waals surface area contributed by atoms with E-state index < -0.39 is 0 Å². The summed E-state index contributed by atoms with van der Waals surface area (Å²) in [6.45, 7) is 2.56. The summed E-state index contributed by atoms with van der Waals surface area (Å²) in [6.07, 6.45) is 4.08. The molecular weight excluding hydrogens is 232 g/mol. The topological polar surface area (TPSA) is 82.0 Å². The zero-order chi connectivity index (χ0) is 13.7. The number of nitrogens with two attached hydrogens (primary N) is 1. The molecule has 0 aliphatic rings. The Bertz CT molecular complexity index is 516. The Labute approximate surface area is 106 Å². The van der Waals surface area contributed by atoms with E-state index in [1.807, 2.05) is 0 Å². The van der Waals surface area contributed by atoms with Gasteiger partial charge in [0.1, 0.15) is 11.5 Å². The van der Waals surface area contributed by atoms with Crippen LogP contribution in [-0.2, 0) is 13.6 Å². The van der Waals surface area contributed by atoms with Crippen molar-refractivity contribution in [3.63, 3.8) is 0 Å². The Kier molecular flexibility index (Phi) is 5.00. The van der Waals surface area contributed by atoms with E-state index in [9.17, 15) is 9.59 Å². The largest absolute Gasteiger partial charge is 0.383 e. The average molecular weight is 254 g/mol. The maximum Gasteiger partial charge on any atom is 0.332 e. The molecule has 0 unspecified atom stereocenters. The zero-order valence-electron chi connectivity index (χ0n) is 11.3. The van der Waals surface area contributed by atoms with Crippen molar-refractivity contribution in [3.05, 3.63) is 20.8 Å². The van der Waals surface area contributed by atoms with E-state index in [0.29, 0.717) is 6.54 Å². The molecule has 0 saturated carbocycles. The van der Waals surface area contributed by atoms with Crippen molar-refractivity contribution < 1.29 is 0 Å². The molecule has 1 rings (SSSR count).